The molecule has 1 aromatic carbocycles. The van der Waals surface area contributed by atoms with E-state index in [2.05, 4.69) is 20.7 Å². The summed E-state index contributed by atoms with van der Waals surface area (Å²) in [7, 11) is 1.20. The Morgan fingerprint density at radius 3 is 2.67 bits per heavy atom. The second-order valence-corrected chi connectivity index (χ2v) is 4.04. The van der Waals surface area contributed by atoms with E-state index in [1.807, 2.05) is 25.1 Å². The van der Waals surface area contributed by atoms with E-state index >= 15 is 0 Å². The first-order chi connectivity index (χ1) is 7.04. The van der Waals surface area contributed by atoms with E-state index in [1.165, 1.54) is 7.11 Å². The van der Waals surface area contributed by atoms with Gasteiger partial charge in [-0.3, -0.25) is 4.79 Å². The van der Waals surface area contributed by atoms with E-state index in [9.17, 15) is 9.59 Å². The van der Waals surface area contributed by atoms with E-state index in [0.717, 1.165) is 15.6 Å². The molecule has 0 heterocycles. The van der Waals surface area contributed by atoms with Crippen molar-refractivity contribution < 1.29 is 14.3 Å². The number of aryl methyl sites for hydroxylation is 1. The van der Waals surface area contributed by atoms with Crippen molar-refractivity contribution in [2.45, 2.75) is 13.3 Å². The highest BCUT2D eigenvalue weighted by Gasteiger charge is 2.15. The number of rotatable bonds is 3. The van der Waals surface area contributed by atoms with Crippen molar-refractivity contribution in [2.24, 2.45) is 0 Å². The average molecular weight is 271 g/mol. The molecule has 0 atom stereocenters. The Kier molecular flexibility index (Phi) is 4.03. The molecule has 3 nitrogen and oxygen atoms in total. The number of hydrogen-bond donors (Lipinski definition) is 0. The van der Waals surface area contributed by atoms with Crippen molar-refractivity contribution in [1.82, 2.24) is 0 Å². The first kappa shape index (κ1) is 11.9. The number of halogens is 1. The third kappa shape index (κ3) is 3.16. The summed E-state index contributed by atoms with van der Waals surface area (Å²) in [4.78, 5) is 22.2. The normalized spacial score (nSPS) is 9.80. The van der Waals surface area contributed by atoms with Crippen LogP contribution in [0.1, 0.15) is 11.1 Å². The van der Waals surface area contributed by atoms with Crippen LogP contribution in [0.4, 0.5) is 0 Å². The summed E-state index contributed by atoms with van der Waals surface area (Å²) in [5.74, 6) is -1.34. The first-order valence-electron chi connectivity index (χ1n) is 4.40. The van der Waals surface area contributed by atoms with Gasteiger partial charge in [0.25, 0.3) is 0 Å². The van der Waals surface area contributed by atoms with Gasteiger partial charge in [0.1, 0.15) is 0 Å². The summed E-state index contributed by atoms with van der Waals surface area (Å²) in [6.45, 7) is 1.93. The minimum atomic E-state index is -0.802. The zero-order valence-electron chi connectivity index (χ0n) is 8.54. The first-order valence-corrected chi connectivity index (χ1v) is 5.20. The zero-order chi connectivity index (χ0) is 11.4. The van der Waals surface area contributed by atoms with Crippen LogP contribution in [0.2, 0.25) is 0 Å². The van der Waals surface area contributed by atoms with Crippen LogP contribution in [0.25, 0.3) is 0 Å². The number of methoxy groups -OCH3 is 1. The lowest BCUT2D eigenvalue weighted by Gasteiger charge is -2.04. The zero-order valence-corrected chi connectivity index (χ0v) is 10.1. The van der Waals surface area contributed by atoms with E-state index in [0.29, 0.717) is 0 Å². The SMILES string of the molecule is COC(=O)C(=O)Cc1cc(C)ccc1Br. The summed E-state index contributed by atoms with van der Waals surface area (Å²) in [5, 5.41) is 0. The maximum atomic E-state index is 11.3. The van der Waals surface area contributed by atoms with Crippen LogP contribution in [0.3, 0.4) is 0 Å². The molecule has 0 saturated heterocycles. The molecule has 0 bridgehead atoms. The molecule has 0 amide bonds. The van der Waals surface area contributed by atoms with Crippen LogP contribution in [0.15, 0.2) is 22.7 Å². The van der Waals surface area contributed by atoms with Gasteiger partial charge in [0.05, 0.1) is 7.11 Å². The Morgan fingerprint density at radius 1 is 1.40 bits per heavy atom. The van der Waals surface area contributed by atoms with Gasteiger partial charge in [0.2, 0.25) is 5.78 Å². The highest BCUT2D eigenvalue weighted by atomic mass is 79.9. The molecule has 0 unspecified atom stereocenters. The highest BCUT2D eigenvalue weighted by Crippen LogP contribution is 2.18. The van der Waals surface area contributed by atoms with Gasteiger partial charge in [0, 0.05) is 10.9 Å². The predicted octanol–water partition coefficient (Wildman–Crippen LogP) is 2.04. The van der Waals surface area contributed by atoms with Crippen molar-refractivity contribution >= 4 is 27.7 Å². The van der Waals surface area contributed by atoms with Gasteiger partial charge in [-0.25, -0.2) is 4.79 Å². The highest BCUT2D eigenvalue weighted by molar-refractivity contribution is 9.10. The molecule has 0 aliphatic rings. The van der Waals surface area contributed by atoms with Crippen LogP contribution in [-0.2, 0) is 20.7 Å². The van der Waals surface area contributed by atoms with Gasteiger partial charge in [-0.15, -0.1) is 0 Å². The number of Topliss-reactive ketones (excluding diaryl/α,β-unsaturated/α-hetero) is 1. The van der Waals surface area contributed by atoms with Crippen molar-refractivity contribution in [1.29, 1.82) is 0 Å². The molecule has 0 fully saturated rings. The largest absolute Gasteiger partial charge is 0.463 e. The topological polar surface area (TPSA) is 43.4 Å². The maximum absolute atomic E-state index is 11.3. The number of hydrogen-bond acceptors (Lipinski definition) is 3. The average Bonchev–Trinajstić information content (AvgIpc) is 2.22. The molecule has 4 heteroatoms. The standard InChI is InChI=1S/C11H11BrO3/c1-7-3-4-9(12)8(5-7)6-10(13)11(14)15-2/h3-5H,6H2,1-2H3. The van der Waals surface area contributed by atoms with Gasteiger partial charge in [-0.05, 0) is 18.6 Å². The second-order valence-electron chi connectivity index (χ2n) is 3.19. The van der Waals surface area contributed by atoms with E-state index in [4.69, 9.17) is 0 Å². The summed E-state index contributed by atoms with van der Waals surface area (Å²) in [6, 6.07) is 5.65. The third-order valence-corrected chi connectivity index (χ3v) is 2.74. The molecule has 0 aromatic heterocycles. The van der Waals surface area contributed by atoms with Crippen LogP contribution < -0.4 is 0 Å². The molecule has 0 aliphatic heterocycles. The monoisotopic (exact) mass is 270 g/mol. The number of ether oxygens (including phenoxy) is 1. The van der Waals surface area contributed by atoms with Crippen molar-refractivity contribution in [2.75, 3.05) is 7.11 Å². The minimum Gasteiger partial charge on any atom is -0.463 e. The second kappa shape index (κ2) is 5.07. The van der Waals surface area contributed by atoms with Crippen LogP contribution >= 0.6 is 15.9 Å². The van der Waals surface area contributed by atoms with Crippen molar-refractivity contribution in [3.8, 4) is 0 Å². The molecule has 0 N–H and O–H groups in total. The molecular formula is C11H11BrO3. The fraction of sp³-hybridized carbons (Fsp3) is 0.273. The Morgan fingerprint density at radius 2 is 2.07 bits per heavy atom. The maximum Gasteiger partial charge on any atom is 0.374 e. The lowest BCUT2D eigenvalue weighted by Crippen LogP contribution is -2.18. The quantitative estimate of drug-likeness (QED) is 0.624. The molecule has 0 aliphatic carbocycles. The summed E-state index contributed by atoms with van der Waals surface area (Å²) in [6.07, 6.45) is 0.0644. The summed E-state index contributed by atoms with van der Waals surface area (Å²) >= 11 is 3.33. The smallest absolute Gasteiger partial charge is 0.374 e. The summed E-state index contributed by atoms with van der Waals surface area (Å²) in [5.41, 5.74) is 1.84. The van der Waals surface area contributed by atoms with E-state index in [-0.39, 0.29) is 6.42 Å². The lowest BCUT2D eigenvalue weighted by molar-refractivity contribution is -0.151. The van der Waals surface area contributed by atoms with E-state index in [1.54, 1.807) is 0 Å². The van der Waals surface area contributed by atoms with Crippen molar-refractivity contribution in [3.05, 3.63) is 33.8 Å². The van der Waals surface area contributed by atoms with Gasteiger partial charge in [-0.1, -0.05) is 33.6 Å². The molecule has 0 radical (unpaired) electrons. The molecule has 0 saturated carbocycles. The third-order valence-electron chi connectivity index (χ3n) is 1.97. The Balaban J connectivity index is 2.85. The lowest BCUT2D eigenvalue weighted by atomic mass is 10.1. The predicted molar refractivity (Wildman–Crippen MR) is 59.6 cm³/mol. The van der Waals surface area contributed by atoms with Gasteiger partial charge in [0.15, 0.2) is 0 Å². The van der Waals surface area contributed by atoms with Gasteiger partial charge >= 0.3 is 5.97 Å². The number of carbonyl (C=O) groups is 2. The number of ketones is 1. The van der Waals surface area contributed by atoms with Gasteiger partial charge in [-0.2, -0.15) is 0 Å². The van der Waals surface area contributed by atoms with Crippen LogP contribution in [0.5, 0.6) is 0 Å². The minimum absolute atomic E-state index is 0.0644. The number of benzene rings is 1. The number of esters is 1. The Bertz CT molecular complexity index is 399. The number of carbonyl (C=O) groups excluding carboxylic acids is 2. The summed E-state index contributed by atoms with van der Waals surface area (Å²) < 4.78 is 5.17. The fourth-order valence-corrected chi connectivity index (χ4v) is 1.58. The van der Waals surface area contributed by atoms with Crippen LogP contribution in [0, 0.1) is 6.92 Å². The Labute approximate surface area is 96.6 Å². The van der Waals surface area contributed by atoms with Crippen molar-refractivity contribution in [3.63, 3.8) is 0 Å². The van der Waals surface area contributed by atoms with E-state index < -0.39 is 11.8 Å². The molecule has 80 valence electrons. The molecule has 1 aromatic rings. The molecule has 15 heavy (non-hydrogen) atoms. The molecular weight excluding hydrogens is 260 g/mol. The Hall–Kier alpha value is -1.16. The van der Waals surface area contributed by atoms with Gasteiger partial charge < -0.3 is 4.74 Å². The molecule has 0 spiro atoms. The molecule has 1 rings (SSSR count). The fourth-order valence-electron chi connectivity index (χ4n) is 1.20. The van der Waals surface area contributed by atoms with Crippen LogP contribution in [-0.4, -0.2) is 18.9 Å².